The molecular weight excluding hydrogens is 848 g/mol. The van der Waals surface area contributed by atoms with Gasteiger partial charge in [0.2, 0.25) is 0 Å². The number of rotatable bonds is 11. The van der Waals surface area contributed by atoms with Gasteiger partial charge in [-0.1, -0.05) is 50.1 Å². The molecule has 2 aromatic heterocycles. The Morgan fingerprint density at radius 3 is 2.45 bits per heavy atom. The van der Waals surface area contributed by atoms with Crippen LogP contribution in [0.2, 0.25) is 0 Å². The first-order chi connectivity index (χ1) is 32.4. The zero-order valence-corrected chi connectivity index (χ0v) is 37.9. The first kappa shape index (κ1) is 43.1. The maximum Gasteiger partial charge on any atom is 0.319 e. The van der Waals surface area contributed by atoms with Crippen LogP contribution in [0.3, 0.4) is 0 Å². The highest BCUT2D eigenvalue weighted by atomic mass is 19.1. The highest BCUT2D eigenvalue weighted by molar-refractivity contribution is 6.03. The topological polar surface area (TPSA) is 151 Å². The highest BCUT2D eigenvalue weighted by Gasteiger charge is 2.45. The number of nitrogens with zero attached hydrogens (tertiary/aromatic N) is 7. The van der Waals surface area contributed by atoms with Gasteiger partial charge < -0.3 is 40.1 Å². The molecule has 6 heterocycles. The molecule has 4 N–H and O–H groups in total. The van der Waals surface area contributed by atoms with Gasteiger partial charge in [0.15, 0.2) is 5.82 Å². The van der Waals surface area contributed by atoms with E-state index in [1.165, 1.54) is 17.7 Å². The average molecular weight is 903 g/mol. The van der Waals surface area contributed by atoms with Crippen molar-refractivity contribution in [2.45, 2.75) is 77.2 Å². The maximum absolute atomic E-state index is 17.1. The number of aromatic hydroxyl groups is 3. The summed E-state index contributed by atoms with van der Waals surface area (Å²) in [5.74, 6) is 2.24. The lowest BCUT2D eigenvalue weighted by atomic mass is 9.96. The average Bonchev–Trinajstić information content (AvgIpc) is 3.81. The first-order valence-electron chi connectivity index (χ1n) is 23.5. The summed E-state index contributed by atoms with van der Waals surface area (Å²) in [7, 11) is 0. The molecule has 13 nitrogen and oxygen atoms in total. The molecule has 6 aromatic rings. The Labute approximate surface area is 389 Å². The zero-order valence-electron chi connectivity index (χ0n) is 37.9. The van der Waals surface area contributed by atoms with Crippen LogP contribution < -0.4 is 15.0 Å². The van der Waals surface area contributed by atoms with Crippen molar-refractivity contribution in [3.05, 3.63) is 106 Å². The van der Waals surface area contributed by atoms with Crippen molar-refractivity contribution >= 4 is 33.4 Å². The molecule has 4 fully saturated rings. The molecule has 2 atom stereocenters. The predicted octanol–water partition coefficient (Wildman–Crippen LogP) is 7.28. The first-order valence-corrected chi connectivity index (χ1v) is 23.5. The number of terminal acetylenes is 1. The van der Waals surface area contributed by atoms with Crippen LogP contribution in [0.15, 0.2) is 66.9 Å². The molecule has 5 aliphatic rings. The second-order valence-corrected chi connectivity index (χ2v) is 19.8. The summed E-state index contributed by atoms with van der Waals surface area (Å²) in [6.07, 6.45) is 11.8. The summed E-state index contributed by atoms with van der Waals surface area (Å²) in [6, 6.07) is 18.7. The third kappa shape index (κ3) is 8.23. The number of phenols is 3. The smallest absolute Gasteiger partial charge is 0.319 e. The second-order valence-electron chi connectivity index (χ2n) is 19.8. The molecule has 67 heavy (non-hydrogen) atoms. The van der Waals surface area contributed by atoms with E-state index in [9.17, 15) is 20.1 Å². The minimum Gasteiger partial charge on any atom is -0.508 e. The molecule has 4 aliphatic heterocycles. The Morgan fingerprint density at radius 1 is 0.940 bits per heavy atom. The fourth-order valence-corrected chi connectivity index (χ4v) is 10.9. The van der Waals surface area contributed by atoms with E-state index in [-0.39, 0.29) is 57.3 Å². The highest BCUT2D eigenvalue weighted by Crippen LogP contribution is 2.47. The number of hydrogen-bond donors (Lipinski definition) is 4. The van der Waals surface area contributed by atoms with Crippen LogP contribution in [0.5, 0.6) is 23.3 Å². The van der Waals surface area contributed by atoms with E-state index >= 15 is 4.39 Å². The lowest BCUT2D eigenvalue weighted by Crippen LogP contribution is -2.51. The predicted molar refractivity (Wildman–Crippen MR) is 255 cm³/mol. The Balaban J connectivity index is 0.762. The number of carbonyl (C=O) groups excluding carboxylic acids is 1. The van der Waals surface area contributed by atoms with Gasteiger partial charge >= 0.3 is 6.01 Å². The van der Waals surface area contributed by atoms with Gasteiger partial charge in [-0.2, -0.15) is 9.97 Å². The van der Waals surface area contributed by atoms with Crippen LogP contribution in [-0.4, -0.2) is 115 Å². The molecule has 3 saturated heterocycles. The molecule has 0 spiro atoms. The number of ether oxygens (including phenoxy) is 1. The second kappa shape index (κ2) is 17.0. The lowest BCUT2D eigenvalue weighted by Gasteiger charge is -2.36. The Kier molecular flexibility index (Phi) is 10.9. The number of piperazine rings is 2. The van der Waals surface area contributed by atoms with Gasteiger partial charge in [-0.05, 0) is 83.5 Å². The number of halogens is 1. The molecule has 0 radical (unpaired) electrons. The quantitative estimate of drug-likeness (QED) is 0.0969. The van der Waals surface area contributed by atoms with E-state index in [4.69, 9.17) is 21.1 Å². The van der Waals surface area contributed by atoms with Gasteiger partial charge in [-0.3, -0.25) is 14.7 Å². The number of anilines is 1. The Bertz CT molecular complexity index is 2990. The third-order valence-corrected chi connectivity index (χ3v) is 14.7. The van der Waals surface area contributed by atoms with Crippen molar-refractivity contribution in [3.63, 3.8) is 0 Å². The van der Waals surface area contributed by atoms with Crippen LogP contribution in [-0.2, 0) is 19.6 Å². The van der Waals surface area contributed by atoms with Gasteiger partial charge in [0.05, 0.1) is 17.6 Å². The number of aromatic nitrogens is 3. The molecule has 11 rings (SSSR count). The summed E-state index contributed by atoms with van der Waals surface area (Å²) in [5, 5.41) is 37.1. The summed E-state index contributed by atoms with van der Waals surface area (Å²) < 4.78 is 23.6. The van der Waals surface area contributed by atoms with E-state index in [0.717, 1.165) is 89.2 Å². The van der Waals surface area contributed by atoms with Crippen LogP contribution in [0.1, 0.15) is 83.6 Å². The maximum atomic E-state index is 17.1. The normalized spacial score (nSPS) is 20.2. The molecule has 1 saturated carbocycles. The SMILES string of the molecule is C#Cc1cccc2cc(O)cc(-c3ncc4c(N5CC6CCC(C5)N6)nc(OCC5(CN6CCN(Cc7ccc8c(c7)CN(C(=O)c7cc(C(C)C)c(O)cc7O)C8)CC6)CC5)nc4c3F)c12. The van der Waals surface area contributed by atoms with Gasteiger partial charge in [-0.25, -0.2) is 4.39 Å². The third-order valence-electron chi connectivity index (χ3n) is 14.7. The molecular formula is C53H55FN8O5. The zero-order chi connectivity index (χ0) is 46.1. The van der Waals surface area contributed by atoms with Crippen LogP contribution >= 0.6 is 0 Å². The minimum absolute atomic E-state index is 0.00587. The number of carbonyl (C=O) groups is 1. The largest absolute Gasteiger partial charge is 0.508 e. The molecule has 14 heteroatoms. The van der Waals surface area contributed by atoms with E-state index in [1.54, 1.807) is 29.3 Å². The standard InChI is InChI=1S/C53H55FN8O5/c1-4-33-6-5-7-34-19-39(63)20-42(46(33)34)48-47(54)49-43(23-55-48)50(61-27-37-10-11-38(28-61)56-37)58-52(57-49)67-30-53(12-13-53)29-60-16-14-59(15-17-60)24-32-8-9-35-25-62(26-36(35)18-32)51(66)41-21-40(31(2)3)44(64)22-45(41)65/h1,5-9,18-23,31,37-38,56,63-65H,10-17,24-30H2,2-3H3. The van der Waals surface area contributed by atoms with Gasteiger partial charge in [0, 0.05) is 112 Å². The number of benzene rings is 4. The molecule has 2 bridgehead atoms. The van der Waals surface area contributed by atoms with Crippen molar-refractivity contribution in [1.29, 1.82) is 0 Å². The number of pyridine rings is 1. The fraction of sp³-hybridized carbons (Fsp3) is 0.396. The number of nitrogens with one attached hydrogen (secondary N) is 1. The number of hydrogen-bond acceptors (Lipinski definition) is 12. The van der Waals surface area contributed by atoms with Gasteiger partial charge in [0.1, 0.15) is 34.3 Å². The summed E-state index contributed by atoms with van der Waals surface area (Å²) in [4.78, 5) is 36.9. The van der Waals surface area contributed by atoms with E-state index in [0.29, 0.717) is 70.4 Å². The van der Waals surface area contributed by atoms with E-state index in [2.05, 4.69) is 49.1 Å². The number of amides is 1. The van der Waals surface area contributed by atoms with E-state index in [1.807, 2.05) is 26.0 Å². The molecule has 1 amide bonds. The molecule has 4 aromatic carbocycles. The van der Waals surface area contributed by atoms with Crippen molar-refractivity contribution in [3.8, 4) is 46.9 Å². The van der Waals surface area contributed by atoms with Crippen molar-refractivity contribution in [1.82, 2.24) is 35.0 Å². The van der Waals surface area contributed by atoms with Gasteiger partial charge in [0.25, 0.3) is 5.91 Å². The Morgan fingerprint density at radius 2 is 1.70 bits per heavy atom. The van der Waals surface area contributed by atoms with Gasteiger partial charge in [-0.15, -0.1) is 6.42 Å². The summed E-state index contributed by atoms with van der Waals surface area (Å²) >= 11 is 0. The van der Waals surface area contributed by atoms with Crippen molar-refractivity contribution < 1.29 is 29.2 Å². The molecule has 1 aliphatic carbocycles. The van der Waals surface area contributed by atoms with Crippen LogP contribution in [0.25, 0.3) is 32.9 Å². The number of phenolic OH excluding ortho intramolecular Hbond substituents is 3. The van der Waals surface area contributed by atoms with E-state index < -0.39 is 5.82 Å². The molecule has 344 valence electrons. The van der Waals surface area contributed by atoms with Crippen LogP contribution in [0.4, 0.5) is 10.2 Å². The van der Waals surface area contributed by atoms with Crippen LogP contribution in [0, 0.1) is 23.6 Å². The fourth-order valence-electron chi connectivity index (χ4n) is 10.9. The molecule has 2 unspecified atom stereocenters. The van der Waals surface area contributed by atoms with Crippen molar-refractivity contribution in [2.24, 2.45) is 5.41 Å². The minimum atomic E-state index is -0.620. The van der Waals surface area contributed by atoms with Crippen molar-refractivity contribution in [2.75, 3.05) is 57.3 Å². The Hall–Kier alpha value is -6.53. The monoisotopic (exact) mass is 902 g/mol. The lowest BCUT2D eigenvalue weighted by molar-refractivity contribution is 0.0748. The summed E-state index contributed by atoms with van der Waals surface area (Å²) in [6.45, 7) is 12.2. The summed E-state index contributed by atoms with van der Waals surface area (Å²) in [5.41, 5.74) is 5.38. The number of fused-ring (bicyclic) bond motifs is 5.